The molecule has 146 valence electrons. The van der Waals surface area contributed by atoms with E-state index in [1.54, 1.807) is 6.07 Å². The van der Waals surface area contributed by atoms with Gasteiger partial charge in [0.05, 0.1) is 0 Å². The Morgan fingerprint density at radius 1 is 0.679 bits per heavy atom. The number of phenolic OH excluding ortho intramolecular Hbond substituents is 1. The van der Waals surface area contributed by atoms with E-state index in [1.807, 2.05) is 12.1 Å². The Morgan fingerprint density at radius 2 is 1.18 bits per heavy atom. The maximum absolute atomic E-state index is 10.4. The number of hydrogen-bond acceptors (Lipinski definition) is 1. The summed E-state index contributed by atoms with van der Waals surface area (Å²) in [5.41, 5.74) is 3.76. The minimum atomic E-state index is -0.0183. The summed E-state index contributed by atoms with van der Waals surface area (Å²) in [6.07, 6.45) is 1.89. The fourth-order valence-electron chi connectivity index (χ4n) is 4.26. The van der Waals surface area contributed by atoms with Crippen molar-refractivity contribution in [3.63, 3.8) is 0 Å². The molecule has 0 radical (unpaired) electrons. The van der Waals surface area contributed by atoms with Crippen molar-refractivity contribution in [3.8, 4) is 5.75 Å². The van der Waals surface area contributed by atoms with Crippen molar-refractivity contribution in [2.75, 3.05) is 0 Å². The molecule has 1 atom stereocenters. The Bertz CT molecular complexity index is 878. The summed E-state index contributed by atoms with van der Waals surface area (Å²) in [6, 6.07) is 29.3. The second-order valence-corrected chi connectivity index (χ2v) is 9.07. The molecule has 0 aromatic heterocycles. The second-order valence-electron chi connectivity index (χ2n) is 9.07. The molecule has 0 aliphatic heterocycles. The van der Waals surface area contributed by atoms with Crippen molar-refractivity contribution in [3.05, 3.63) is 102 Å². The van der Waals surface area contributed by atoms with Crippen LogP contribution in [0.15, 0.2) is 84.9 Å². The van der Waals surface area contributed by atoms with Gasteiger partial charge in [-0.2, -0.15) is 0 Å². The topological polar surface area (TPSA) is 20.2 Å². The Kier molecular flexibility index (Phi) is 5.93. The molecule has 0 aliphatic rings. The molecule has 3 rings (SSSR count). The number of phenols is 1. The zero-order valence-electron chi connectivity index (χ0n) is 17.5. The molecule has 0 aliphatic carbocycles. The Hall–Kier alpha value is -2.54. The summed E-state index contributed by atoms with van der Waals surface area (Å²) in [5.74, 6) is 0.771. The SMILES string of the molecule is CC(C)(CC(Cc1ccccc1O)C(C)(C)c1ccccc1)c1ccccc1. The largest absolute Gasteiger partial charge is 0.508 e. The fraction of sp³-hybridized carbons (Fsp3) is 0.333. The number of para-hydroxylation sites is 1. The van der Waals surface area contributed by atoms with E-state index in [0.717, 1.165) is 18.4 Å². The maximum atomic E-state index is 10.4. The van der Waals surface area contributed by atoms with Crippen LogP contribution in [-0.2, 0) is 17.3 Å². The molecule has 1 unspecified atom stereocenters. The predicted octanol–water partition coefficient (Wildman–Crippen LogP) is 6.90. The molecule has 0 spiro atoms. The Labute approximate surface area is 170 Å². The zero-order chi connectivity index (χ0) is 20.2. The minimum absolute atomic E-state index is 0.0183. The summed E-state index contributed by atoms with van der Waals surface area (Å²) >= 11 is 0. The van der Waals surface area contributed by atoms with E-state index < -0.39 is 0 Å². The Morgan fingerprint density at radius 3 is 1.75 bits per heavy atom. The molecule has 0 amide bonds. The van der Waals surface area contributed by atoms with Crippen molar-refractivity contribution in [2.24, 2.45) is 5.92 Å². The summed E-state index contributed by atoms with van der Waals surface area (Å²) in [5, 5.41) is 10.4. The van der Waals surface area contributed by atoms with Crippen LogP contribution in [0.5, 0.6) is 5.75 Å². The molecule has 28 heavy (non-hydrogen) atoms. The van der Waals surface area contributed by atoms with Crippen molar-refractivity contribution in [1.82, 2.24) is 0 Å². The fourth-order valence-corrected chi connectivity index (χ4v) is 4.26. The minimum Gasteiger partial charge on any atom is -0.508 e. The van der Waals surface area contributed by atoms with Gasteiger partial charge in [0.2, 0.25) is 0 Å². The lowest BCUT2D eigenvalue weighted by atomic mass is 9.64. The van der Waals surface area contributed by atoms with Gasteiger partial charge in [-0.3, -0.25) is 0 Å². The molecular formula is C27H32O. The van der Waals surface area contributed by atoms with Gasteiger partial charge in [-0.25, -0.2) is 0 Å². The molecule has 3 aromatic carbocycles. The van der Waals surface area contributed by atoms with Gasteiger partial charge in [-0.05, 0) is 52.3 Å². The summed E-state index contributed by atoms with van der Waals surface area (Å²) in [4.78, 5) is 0. The van der Waals surface area contributed by atoms with Gasteiger partial charge in [0, 0.05) is 0 Å². The summed E-state index contributed by atoms with van der Waals surface area (Å²) in [6.45, 7) is 9.35. The van der Waals surface area contributed by atoms with Crippen LogP contribution in [0.25, 0.3) is 0 Å². The third-order valence-corrected chi connectivity index (χ3v) is 6.31. The van der Waals surface area contributed by atoms with E-state index in [1.165, 1.54) is 11.1 Å². The van der Waals surface area contributed by atoms with Crippen LogP contribution >= 0.6 is 0 Å². The highest BCUT2D eigenvalue weighted by molar-refractivity contribution is 5.34. The van der Waals surface area contributed by atoms with Gasteiger partial charge >= 0.3 is 0 Å². The van der Waals surface area contributed by atoms with Crippen LogP contribution in [0.1, 0.15) is 50.8 Å². The molecule has 0 fully saturated rings. The molecule has 3 aromatic rings. The van der Waals surface area contributed by atoms with Gasteiger partial charge in [0.1, 0.15) is 5.75 Å². The first-order valence-corrected chi connectivity index (χ1v) is 10.2. The molecule has 1 nitrogen and oxygen atoms in total. The van der Waals surface area contributed by atoms with Gasteiger partial charge < -0.3 is 5.11 Å². The average molecular weight is 373 g/mol. The number of rotatable bonds is 7. The Balaban J connectivity index is 1.98. The smallest absolute Gasteiger partial charge is 0.118 e. The monoisotopic (exact) mass is 372 g/mol. The van der Waals surface area contributed by atoms with E-state index >= 15 is 0 Å². The third-order valence-electron chi connectivity index (χ3n) is 6.31. The van der Waals surface area contributed by atoms with Crippen LogP contribution in [0.2, 0.25) is 0 Å². The molecule has 0 heterocycles. The molecule has 0 saturated heterocycles. The highest BCUT2D eigenvalue weighted by atomic mass is 16.3. The van der Waals surface area contributed by atoms with E-state index in [0.29, 0.717) is 11.7 Å². The van der Waals surface area contributed by atoms with E-state index in [-0.39, 0.29) is 10.8 Å². The zero-order valence-corrected chi connectivity index (χ0v) is 17.5. The first kappa shape index (κ1) is 20.2. The highest BCUT2D eigenvalue weighted by Crippen LogP contribution is 2.43. The molecule has 1 heteroatoms. The molecule has 0 bridgehead atoms. The first-order valence-electron chi connectivity index (χ1n) is 10.2. The van der Waals surface area contributed by atoms with Gasteiger partial charge in [0.15, 0.2) is 0 Å². The maximum Gasteiger partial charge on any atom is 0.118 e. The lowest BCUT2D eigenvalue weighted by Crippen LogP contribution is -2.35. The molecular weight excluding hydrogens is 340 g/mol. The van der Waals surface area contributed by atoms with E-state index in [9.17, 15) is 5.11 Å². The van der Waals surface area contributed by atoms with Crippen molar-refractivity contribution < 1.29 is 5.11 Å². The lowest BCUT2D eigenvalue weighted by Gasteiger charge is -2.40. The van der Waals surface area contributed by atoms with Gasteiger partial charge in [-0.1, -0.05) is 107 Å². The lowest BCUT2D eigenvalue weighted by molar-refractivity contribution is 0.242. The summed E-state index contributed by atoms with van der Waals surface area (Å²) < 4.78 is 0. The van der Waals surface area contributed by atoms with Crippen LogP contribution in [0.4, 0.5) is 0 Å². The normalized spacial score (nSPS) is 13.3. The predicted molar refractivity (Wildman–Crippen MR) is 119 cm³/mol. The van der Waals surface area contributed by atoms with Crippen LogP contribution < -0.4 is 0 Å². The number of aromatic hydroxyl groups is 1. The quantitative estimate of drug-likeness (QED) is 0.478. The molecule has 0 saturated carbocycles. The molecule has 1 N–H and O–H groups in total. The average Bonchev–Trinajstić information content (AvgIpc) is 2.70. The van der Waals surface area contributed by atoms with Crippen molar-refractivity contribution in [1.29, 1.82) is 0 Å². The van der Waals surface area contributed by atoms with E-state index in [2.05, 4.69) is 94.4 Å². The first-order chi connectivity index (χ1) is 13.3. The second kappa shape index (κ2) is 8.22. The highest BCUT2D eigenvalue weighted by Gasteiger charge is 2.36. The van der Waals surface area contributed by atoms with Crippen LogP contribution in [0.3, 0.4) is 0 Å². The van der Waals surface area contributed by atoms with Crippen LogP contribution in [0, 0.1) is 5.92 Å². The third kappa shape index (κ3) is 4.47. The number of hydrogen-bond donors (Lipinski definition) is 1. The van der Waals surface area contributed by atoms with Gasteiger partial charge in [0.25, 0.3) is 0 Å². The van der Waals surface area contributed by atoms with Crippen molar-refractivity contribution >= 4 is 0 Å². The summed E-state index contributed by atoms with van der Waals surface area (Å²) in [7, 11) is 0. The van der Waals surface area contributed by atoms with Crippen molar-refractivity contribution in [2.45, 2.75) is 51.4 Å². The standard InChI is InChI=1S/C27H32O/c1-26(2,22-14-7-5-8-15-22)20-24(19-21-13-11-12-18-25(21)28)27(3,4)23-16-9-6-10-17-23/h5-18,24,28H,19-20H2,1-4H3. The van der Waals surface area contributed by atoms with Gasteiger partial charge in [-0.15, -0.1) is 0 Å². The number of benzene rings is 3. The van der Waals surface area contributed by atoms with E-state index in [4.69, 9.17) is 0 Å². The van der Waals surface area contributed by atoms with Crippen LogP contribution in [-0.4, -0.2) is 5.11 Å².